The molecule has 4 aromatic rings. The first kappa shape index (κ1) is 23.8. The van der Waals surface area contributed by atoms with Gasteiger partial charge in [-0.3, -0.25) is 19.1 Å². The van der Waals surface area contributed by atoms with Crippen LogP contribution in [0.2, 0.25) is 0 Å². The molecule has 0 saturated carbocycles. The minimum Gasteiger partial charge on any atom is -0.345 e. The van der Waals surface area contributed by atoms with Crippen molar-refractivity contribution in [3.8, 4) is 5.69 Å². The molecule has 0 aliphatic heterocycles. The van der Waals surface area contributed by atoms with Crippen molar-refractivity contribution in [2.24, 2.45) is 0 Å². The van der Waals surface area contributed by atoms with Gasteiger partial charge in [-0.15, -0.1) is 0 Å². The van der Waals surface area contributed by atoms with Gasteiger partial charge in [-0.25, -0.2) is 4.79 Å². The molecule has 2 aromatic heterocycles. The van der Waals surface area contributed by atoms with E-state index in [0.29, 0.717) is 17.3 Å². The van der Waals surface area contributed by atoms with Crippen molar-refractivity contribution in [3.63, 3.8) is 0 Å². The second-order valence-electron chi connectivity index (χ2n) is 8.61. The lowest BCUT2D eigenvalue weighted by Gasteiger charge is -2.14. The first-order chi connectivity index (χ1) is 16.8. The zero-order valence-electron chi connectivity index (χ0n) is 19.9. The van der Waals surface area contributed by atoms with E-state index >= 15 is 0 Å². The highest BCUT2D eigenvalue weighted by atomic mass is 16.2. The number of hydrogen-bond donors (Lipinski definition) is 1. The maximum absolute atomic E-state index is 13.4. The van der Waals surface area contributed by atoms with E-state index in [1.165, 1.54) is 0 Å². The smallest absolute Gasteiger partial charge is 0.345 e. The van der Waals surface area contributed by atoms with E-state index in [2.05, 4.69) is 29.2 Å². The molecule has 0 saturated heterocycles. The van der Waals surface area contributed by atoms with Gasteiger partial charge in [0.15, 0.2) is 0 Å². The monoisotopic (exact) mass is 469 g/mol. The number of rotatable bonds is 7. The number of benzene rings is 2. The highest BCUT2D eigenvalue weighted by molar-refractivity contribution is 5.91. The van der Waals surface area contributed by atoms with E-state index in [-0.39, 0.29) is 18.8 Å². The molecule has 178 valence electrons. The molecular formula is C27H27N5O3. The van der Waals surface area contributed by atoms with E-state index in [1.807, 2.05) is 49.4 Å². The quantitative estimate of drug-likeness (QED) is 0.448. The Morgan fingerprint density at radius 3 is 2.34 bits per heavy atom. The zero-order valence-corrected chi connectivity index (χ0v) is 19.9. The average molecular weight is 470 g/mol. The molecule has 0 unspecified atom stereocenters. The van der Waals surface area contributed by atoms with Crippen LogP contribution < -0.4 is 16.6 Å². The molecule has 8 nitrogen and oxygen atoms in total. The fourth-order valence-corrected chi connectivity index (χ4v) is 3.68. The van der Waals surface area contributed by atoms with Crippen LogP contribution in [0.25, 0.3) is 5.69 Å². The second kappa shape index (κ2) is 10.3. The Morgan fingerprint density at radius 2 is 1.69 bits per heavy atom. The van der Waals surface area contributed by atoms with Gasteiger partial charge in [-0.2, -0.15) is 9.78 Å². The lowest BCUT2D eigenvalue weighted by molar-refractivity contribution is 0.0940. The van der Waals surface area contributed by atoms with Crippen LogP contribution in [-0.4, -0.2) is 25.2 Å². The lowest BCUT2D eigenvalue weighted by Crippen LogP contribution is -2.46. The molecule has 2 aromatic carbocycles. The third-order valence-corrected chi connectivity index (χ3v) is 5.83. The second-order valence-corrected chi connectivity index (χ2v) is 8.61. The van der Waals surface area contributed by atoms with Gasteiger partial charge in [0.2, 0.25) is 5.69 Å². The Bertz CT molecular complexity index is 1460. The molecule has 0 fully saturated rings. The summed E-state index contributed by atoms with van der Waals surface area (Å²) in [6.07, 6.45) is 1.62. The molecule has 0 atom stereocenters. The summed E-state index contributed by atoms with van der Waals surface area (Å²) in [4.78, 5) is 43.9. The highest BCUT2D eigenvalue weighted by Gasteiger charge is 2.21. The lowest BCUT2D eigenvalue weighted by atomic mass is 10.0. The molecule has 0 spiro atoms. The van der Waals surface area contributed by atoms with Gasteiger partial charge in [-0.05, 0) is 53.8 Å². The van der Waals surface area contributed by atoms with Crippen LogP contribution in [0.15, 0.2) is 82.5 Å². The van der Waals surface area contributed by atoms with Crippen molar-refractivity contribution < 1.29 is 4.79 Å². The van der Waals surface area contributed by atoms with Crippen LogP contribution in [0, 0.1) is 6.92 Å². The van der Waals surface area contributed by atoms with E-state index in [9.17, 15) is 14.4 Å². The largest absolute Gasteiger partial charge is 0.352 e. The van der Waals surface area contributed by atoms with Gasteiger partial charge < -0.3 is 5.32 Å². The van der Waals surface area contributed by atoms with Crippen LogP contribution in [0.5, 0.6) is 0 Å². The highest BCUT2D eigenvalue weighted by Crippen LogP contribution is 2.16. The predicted molar refractivity (Wildman–Crippen MR) is 134 cm³/mol. The number of amides is 1. The van der Waals surface area contributed by atoms with Gasteiger partial charge in [0.05, 0.1) is 24.5 Å². The predicted octanol–water partition coefficient (Wildman–Crippen LogP) is 3.20. The number of hydrogen-bond acceptors (Lipinski definition) is 5. The number of nitrogens with zero attached hydrogens (tertiary/aromatic N) is 4. The van der Waals surface area contributed by atoms with Gasteiger partial charge in [0, 0.05) is 6.20 Å². The third kappa shape index (κ3) is 5.27. The summed E-state index contributed by atoms with van der Waals surface area (Å²) in [5.74, 6) is -0.358. The fourth-order valence-electron chi connectivity index (χ4n) is 3.68. The van der Waals surface area contributed by atoms with Gasteiger partial charge in [0.1, 0.15) is 0 Å². The zero-order chi connectivity index (χ0) is 24.9. The number of aromatic nitrogens is 4. The van der Waals surface area contributed by atoms with Crippen molar-refractivity contribution in [3.05, 3.63) is 122 Å². The van der Waals surface area contributed by atoms with Crippen molar-refractivity contribution in [2.75, 3.05) is 0 Å². The van der Waals surface area contributed by atoms with Gasteiger partial charge in [-0.1, -0.05) is 56.3 Å². The van der Waals surface area contributed by atoms with E-state index < -0.39 is 17.2 Å². The maximum Gasteiger partial charge on any atom is 0.352 e. The van der Waals surface area contributed by atoms with E-state index in [4.69, 9.17) is 0 Å². The molecule has 0 bridgehead atoms. The molecule has 1 amide bonds. The molecular weight excluding hydrogens is 442 g/mol. The van der Waals surface area contributed by atoms with Crippen LogP contribution in [-0.2, 0) is 13.1 Å². The van der Waals surface area contributed by atoms with Crippen LogP contribution in [0.1, 0.15) is 52.6 Å². The summed E-state index contributed by atoms with van der Waals surface area (Å²) in [5.41, 5.74) is 2.23. The first-order valence-electron chi connectivity index (χ1n) is 11.4. The van der Waals surface area contributed by atoms with Crippen LogP contribution in [0.3, 0.4) is 0 Å². The Hall–Kier alpha value is -4.33. The topological polar surface area (TPSA) is 98.9 Å². The Kier molecular flexibility index (Phi) is 7.01. The van der Waals surface area contributed by atoms with E-state index in [1.54, 1.807) is 30.5 Å². The number of nitrogens with one attached hydrogen (secondary N) is 1. The average Bonchev–Trinajstić information content (AvgIpc) is 2.87. The third-order valence-electron chi connectivity index (χ3n) is 5.83. The molecule has 8 heteroatoms. The summed E-state index contributed by atoms with van der Waals surface area (Å²) >= 11 is 0. The van der Waals surface area contributed by atoms with Crippen molar-refractivity contribution in [1.29, 1.82) is 0 Å². The normalized spacial score (nSPS) is 11.0. The number of aryl methyl sites for hydroxylation is 1. The maximum atomic E-state index is 13.4. The summed E-state index contributed by atoms with van der Waals surface area (Å²) in [5, 5.41) is 6.88. The fraction of sp³-hybridized carbons (Fsp3) is 0.222. The summed E-state index contributed by atoms with van der Waals surface area (Å²) in [7, 11) is 0. The van der Waals surface area contributed by atoms with Gasteiger partial charge >= 0.3 is 5.69 Å². The number of carbonyl (C=O) groups excluding carboxylic acids is 1. The molecule has 35 heavy (non-hydrogen) atoms. The Morgan fingerprint density at radius 1 is 0.971 bits per heavy atom. The minimum absolute atomic E-state index is 0.0253. The summed E-state index contributed by atoms with van der Waals surface area (Å²) in [6.45, 7) is 6.21. The van der Waals surface area contributed by atoms with Crippen LogP contribution in [0.4, 0.5) is 0 Å². The summed E-state index contributed by atoms with van der Waals surface area (Å²) in [6, 6.07) is 20.2. The van der Waals surface area contributed by atoms with Crippen molar-refractivity contribution in [1.82, 2.24) is 24.6 Å². The molecule has 0 aliphatic carbocycles. The standard InChI is InChI=1S/C27H27N5O3/c1-18(2)20-11-13-23(14-12-20)32-27(35)31(17-21-9-5-4-8-19(21)3)26(34)24(30-32)25(33)29-16-22-10-6-7-15-28-22/h4-15,18H,16-17H2,1-3H3,(H,29,33). The minimum atomic E-state index is -0.744. The number of carbonyl (C=O) groups is 1. The van der Waals surface area contributed by atoms with Crippen molar-refractivity contribution >= 4 is 5.91 Å². The molecule has 1 N–H and O–H groups in total. The first-order valence-corrected chi connectivity index (χ1v) is 11.4. The molecule has 0 aliphatic rings. The Balaban J connectivity index is 1.79. The molecule has 2 heterocycles. The SMILES string of the molecule is Cc1ccccc1Cn1c(=O)c(C(=O)NCc2ccccn2)nn(-c2ccc(C(C)C)cc2)c1=O. The molecule has 4 rings (SSSR count). The Labute approximate surface area is 202 Å². The summed E-state index contributed by atoms with van der Waals surface area (Å²) < 4.78 is 2.17. The molecule has 0 radical (unpaired) electrons. The van der Waals surface area contributed by atoms with Crippen LogP contribution >= 0.6 is 0 Å². The van der Waals surface area contributed by atoms with Crippen molar-refractivity contribution in [2.45, 2.75) is 39.8 Å². The number of pyridine rings is 1. The van der Waals surface area contributed by atoms with E-state index in [0.717, 1.165) is 25.9 Å². The van der Waals surface area contributed by atoms with Gasteiger partial charge in [0.25, 0.3) is 11.5 Å².